The highest BCUT2D eigenvalue weighted by molar-refractivity contribution is 7.83. The molecule has 0 aliphatic carbocycles. The van der Waals surface area contributed by atoms with Crippen molar-refractivity contribution >= 4 is 18.3 Å². The fourth-order valence-electron chi connectivity index (χ4n) is 1.11. The van der Waals surface area contributed by atoms with Crippen molar-refractivity contribution in [3.63, 3.8) is 0 Å². The Labute approximate surface area is 96.4 Å². The van der Waals surface area contributed by atoms with Gasteiger partial charge < -0.3 is 5.32 Å². The molecule has 15 heavy (non-hydrogen) atoms. The van der Waals surface area contributed by atoms with E-state index in [-0.39, 0.29) is 5.41 Å². The van der Waals surface area contributed by atoms with Crippen LogP contribution in [0.4, 0.5) is 0 Å². The van der Waals surface area contributed by atoms with Crippen molar-refractivity contribution in [3.8, 4) is 0 Å². The van der Waals surface area contributed by atoms with Gasteiger partial charge >= 0.3 is 0 Å². The van der Waals surface area contributed by atoms with Crippen molar-refractivity contribution in [2.24, 2.45) is 0 Å². The second-order valence-electron chi connectivity index (χ2n) is 4.33. The van der Waals surface area contributed by atoms with Crippen LogP contribution < -0.4 is 5.32 Å². The van der Waals surface area contributed by atoms with Crippen LogP contribution in [0.15, 0.2) is 17.8 Å². The molecule has 0 fully saturated rings. The molecule has 0 spiro atoms. The van der Waals surface area contributed by atoms with Crippen LogP contribution in [-0.2, 0) is 5.41 Å². The molecule has 0 bridgehead atoms. The highest BCUT2D eigenvalue weighted by Gasteiger charge is 2.15. The van der Waals surface area contributed by atoms with E-state index >= 15 is 0 Å². The molecular weight excluding hydrogens is 206 g/mol. The SMILES string of the molecule is CN/C(=C\S)c1cnc(C(C)(C)C)cn1. The molecule has 82 valence electrons. The van der Waals surface area contributed by atoms with Crippen LogP contribution in [-0.4, -0.2) is 17.0 Å². The maximum Gasteiger partial charge on any atom is 0.105 e. The summed E-state index contributed by atoms with van der Waals surface area (Å²) in [6.07, 6.45) is 3.57. The summed E-state index contributed by atoms with van der Waals surface area (Å²) in [7, 11) is 1.83. The number of nitrogens with one attached hydrogen (secondary N) is 1. The summed E-state index contributed by atoms with van der Waals surface area (Å²) < 4.78 is 0. The fraction of sp³-hybridized carbons (Fsp3) is 0.455. The number of aromatic nitrogens is 2. The van der Waals surface area contributed by atoms with Gasteiger partial charge in [0.05, 0.1) is 17.6 Å². The summed E-state index contributed by atoms with van der Waals surface area (Å²) in [6, 6.07) is 0. The molecule has 1 aromatic rings. The summed E-state index contributed by atoms with van der Waals surface area (Å²) in [4.78, 5) is 8.73. The summed E-state index contributed by atoms with van der Waals surface area (Å²) in [5.41, 5.74) is 2.70. The number of rotatable bonds is 2. The molecule has 0 saturated heterocycles. The van der Waals surface area contributed by atoms with Crippen LogP contribution in [0.1, 0.15) is 32.2 Å². The van der Waals surface area contributed by atoms with E-state index in [2.05, 4.69) is 48.7 Å². The summed E-state index contributed by atoms with van der Waals surface area (Å²) in [6.45, 7) is 6.35. The molecule has 1 aromatic heterocycles. The molecule has 0 saturated carbocycles. The Balaban J connectivity index is 3.00. The van der Waals surface area contributed by atoms with E-state index in [9.17, 15) is 0 Å². The Morgan fingerprint density at radius 3 is 2.33 bits per heavy atom. The smallest absolute Gasteiger partial charge is 0.105 e. The molecule has 0 amide bonds. The van der Waals surface area contributed by atoms with E-state index in [0.29, 0.717) is 0 Å². The van der Waals surface area contributed by atoms with Crippen molar-refractivity contribution in [3.05, 3.63) is 29.2 Å². The highest BCUT2D eigenvalue weighted by atomic mass is 32.1. The van der Waals surface area contributed by atoms with E-state index in [1.54, 1.807) is 11.6 Å². The van der Waals surface area contributed by atoms with E-state index in [4.69, 9.17) is 0 Å². The van der Waals surface area contributed by atoms with E-state index < -0.39 is 0 Å². The predicted molar refractivity (Wildman–Crippen MR) is 66.8 cm³/mol. The maximum absolute atomic E-state index is 4.39. The third-order valence-corrected chi connectivity index (χ3v) is 2.35. The number of thiol groups is 1. The summed E-state index contributed by atoms with van der Waals surface area (Å²) >= 11 is 4.10. The topological polar surface area (TPSA) is 37.8 Å². The second kappa shape index (κ2) is 4.66. The normalized spacial score (nSPS) is 12.7. The summed E-state index contributed by atoms with van der Waals surface area (Å²) in [5.74, 6) is 0. The molecule has 3 nitrogen and oxygen atoms in total. The molecule has 1 N–H and O–H groups in total. The molecule has 0 aromatic carbocycles. The minimum atomic E-state index is 0.0377. The molecule has 0 atom stereocenters. The average Bonchev–Trinajstić information content (AvgIpc) is 2.19. The summed E-state index contributed by atoms with van der Waals surface area (Å²) in [5, 5.41) is 4.69. The Morgan fingerprint density at radius 1 is 1.33 bits per heavy atom. The third-order valence-electron chi connectivity index (χ3n) is 2.09. The first-order valence-corrected chi connectivity index (χ1v) is 5.35. The van der Waals surface area contributed by atoms with Crippen molar-refractivity contribution in [2.45, 2.75) is 26.2 Å². The third kappa shape index (κ3) is 2.96. The highest BCUT2D eigenvalue weighted by Crippen LogP contribution is 2.19. The predicted octanol–water partition coefficient (Wildman–Crippen LogP) is 2.22. The first-order valence-electron chi connectivity index (χ1n) is 4.84. The zero-order valence-corrected chi connectivity index (χ0v) is 10.5. The lowest BCUT2D eigenvalue weighted by molar-refractivity contribution is 0.565. The quantitative estimate of drug-likeness (QED) is 0.755. The average molecular weight is 223 g/mol. The molecule has 0 aliphatic heterocycles. The van der Waals surface area contributed by atoms with Crippen molar-refractivity contribution in [1.29, 1.82) is 0 Å². The zero-order valence-electron chi connectivity index (χ0n) is 9.57. The van der Waals surface area contributed by atoms with Crippen LogP contribution >= 0.6 is 12.6 Å². The monoisotopic (exact) mass is 223 g/mol. The van der Waals surface area contributed by atoms with Gasteiger partial charge in [0, 0.05) is 18.7 Å². The minimum Gasteiger partial charge on any atom is -0.386 e. The molecule has 0 aliphatic rings. The Bertz CT molecular complexity index is 349. The molecule has 0 unspecified atom stereocenters. The lowest BCUT2D eigenvalue weighted by Crippen LogP contribution is -2.15. The number of nitrogens with zero attached hydrogens (tertiary/aromatic N) is 2. The van der Waals surface area contributed by atoms with Gasteiger partial charge in [-0.1, -0.05) is 20.8 Å². The van der Waals surface area contributed by atoms with Gasteiger partial charge in [-0.2, -0.15) is 0 Å². The van der Waals surface area contributed by atoms with E-state index in [0.717, 1.165) is 17.1 Å². The van der Waals surface area contributed by atoms with Crippen molar-refractivity contribution < 1.29 is 0 Å². The largest absolute Gasteiger partial charge is 0.386 e. The minimum absolute atomic E-state index is 0.0377. The first kappa shape index (κ1) is 12.0. The second-order valence-corrected chi connectivity index (χ2v) is 4.59. The maximum atomic E-state index is 4.39. The van der Waals surface area contributed by atoms with Crippen LogP contribution in [0.2, 0.25) is 0 Å². The lowest BCUT2D eigenvalue weighted by atomic mass is 9.93. The van der Waals surface area contributed by atoms with Crippen LogP contribution in [0.3, 0.4) is 0 Å². The number of hydrogen-bond donors (Lipinski definition) is 2. The lowest BCUT2D eigenvalue weighted by Gasteiger charge is -2.17. The Hall–Kier alpha value is -1.03. The van der Waals surface area contributed by atoms with Gasteiger partial charge in [-0.05, 0) is 5.41 Å². The standard InChI is InChI=1S/C11H17N3S/c1-11(2,3)10-6-13-8(5-14-10)9(7-15)12-4/h5-7,12,15H,1-4H3/b9-7-. The van der Waals surface area contributed by atoms with Gasteiger partial charge in [-0.3, -0.25) is 9.97 Å². The van der Waals surface area contributed by atoms with Gasteiger partial charge in [0.25, 0.3) is 0 Å². The molecule has 0 radical (unpaired) electrons. The first-order chi connectivity index (χ1) is 6.99. The van der Waals surface area contributed by atoms with Gasteiger partial charge in [0.1, 0.15) is 5.69 Å². The fourth-order valence-corrected chi connectivity index (χ4v) is 1.37. The van der Waals surface area contributed by atoms with Gasteiger partial charge in [-0.25, -0.2) is 0 Å². The number of hydrogen-bond acceptors (Lipinski definition) is 4. The van der Waals surface area contributed by atoms with Crippen molar-refractivity contribution in [2.75, 3.05) is 7.05 Å². The van der Waals surface area contributed by atoms with Crippen molar-refractivity contribution in [1.82, 2.24) is 15.3 Å². The molecular formula is C11H17N3S. The van der Waals surface area contributed by atoms with Crippen LogP contribution in [0, 0.1) is 0 Å². The Morgan fingerprint density at radius 2 is 2.00 bits per heavy atom. The zero-order chi connectivity index (χ0) is 11.5. The molecule has 4 heteroatoms. The van der Waals surface area contributed by atoms with Gasteiger partial charge in [-0.15, -0.1) is 12.6 Å². The molecule has 1 heterocycles. The van der Waals surface area contributed by atoms with Gasteiger partial charge in [0.15, 0.2) is 0 Å². The van der Waals surface area contributed by atoms with Crippen LogP contribution in [0.5, 0.6) is 0 Å². The van der Waals surface area contributed by atoms with Gasteiger partial charge in [0.2, 0.25) is 0 Å². The van der Waals surface area contributed by atoms with E-state index in [1.165, 1.54) is 0 Å². The van der Waals surface area contributed by atoms with Crippen LogP contribution in [0.25, 0.3) is 5.70 Å². The molecule has 1 rings (SSSR count). The Kier molecular flexibility index (Phi) is 3.74. The van der Waals surface area contributed by atoms with E-state index in [1.807, 2.05) is 13.2 Å².